The smallest absolute Gasteiger partial charge is 0.573 e. The number of rotatable bonds is 2. The van der Waals surface area contributed by atoms with Crippen molar-refractivity contribution < 1.29 is 37.8 Å². The van der Waals surface area contributed by atoms with Gasteiger partial charge in [-0.05, 0) is 34.3 Å². The van der Waals surface area contributed by atoms with Gasteiger partial charge in [0.1, 0.15) is 24.3 Å². The topological polar surface area (TPSA) is 70.5 Å². The first-order valence-corrected chi connectivity index (χ1v) is 6.41. The minimum absolute atomic E-state index is 0. The zero-order chi connectivity index (χ0) is 15.4. The van der Waals surface area contributed by atoms with Crippen molar-refractivity contribution in [2.24, 2.45) is 0 Å². The molecule has 0 fully saturated rings. The molecule has 0 radical (unpaired) electrons. The molecule has 0 aliphatic carbocycles. The van der Waals surface area contributed by atoms with Gasteiger partial charge in [-0.1, -0.05) is 24.3 Å². The van der Waals surface area contributed by atoms with Crippen LogP contribution in [-0.4, -0.2) is 24.2 Å². The van der Waals surface area contributed by atoms with Crippen molar-refractivity contribution in [1.82, 2.24) is 9.97 Å². The van der Waals surface area contributed by atoms with Gasteiger partial charge in [-0.3, -0.25) is 0 Å². The third-order valence-electron chi connectivity index (χ3n) is 2.98. The fourth-order valence-electron chi connectivity index (χ4n) is 1.84. The molecule has 2 heterocycles. The first-order valence-electron chi connectivity index (χ1n) is 6.41. The third-order valence-corrected chi connectivity index (χ3v) is 2.98. The summed E-state index contributed by atoms with van der Waals surface area (Å²) in [5, 5.41) is 0. The second-order valence-corrected chi connectivity index (χ2v) is 4.28. The Balaban J connectivity index is 0.000000411. The molecule has 0 saturated heterocycles. The van der Waals surface area contributed by atoms with Crippen LogP contribution < -0.4 is 9.47 Å². The summed E-state index contributed by atoms with van der Waals surface area (Å²) in [6, 6.07) is 10.8. The summed E-state index contributed by atoms with van der Waals surface area (Å²) in [4.78, 5) is 7.71. The summed E-state index contributed by atoms with van der Waals surface area (Å²) in [5.74, 6) is 1.56. The van der Waals surface area contributed by atoms with Gasteiger partial charge in [0.25, 0.3) is 0 Å². The van der Waals surface area contributed by atoms with E-state index in [2.05, 4.69) is 22.8 Å². The number of fused-ring (bicyclic) bond motifs is 2. The molecule has 128 valence electrons. The van der Waals surface area contributed by atoms with Crippen molar-refractivity contribution in [2.45, 2.75) is 0 Å². The Hall–Kier alpha value is -0.937. The Kier molecular flexibility index (Phi) is 11.2. The number of hydrogen-bond acceptors (Lipinski definition) is 6. The maximum absolute atomic E-state index is 5.00. The zero-order valence-electron chi connectivity index (χ0n) is 13.5. The molecule has 0 N–H and O–H groups in total. The largest absolute Gasteiger partial charge is 2.00 e. The number of hydrogen-bond donors (Lipinski definition) is 0. The molecule has 0 spiro atoms. The van der Waals surface area contributed by atoms with E-state index in [0.29, 0.717) is 0 Å². The number of nitrogens with zero attached hydrogens (tertiary/aromatic N) is 2. The zero-order valence-corrected chi connectivity index (χ0v) is 21.1. The summed E-state index contributed by atoms with van der Waals surface area (Å²) >= 11 is 0. The molecular weight excluding hydrogens is 603 g/mol. The average molecular weight is 617 g/mol. The SMILES string of the molecule is COc1ccc2o[c-]nc2c1.COc1ccc2o[c-]nc2c1.I.I.[Zn+2]. The monoisotopic (exact) mass is 616 g/mol. The molecule has 4 aromatic rings. The van der Waals surface area contributed by atoms with E-state index in [1.165, 1.54) is 0 Å². The molecule has 0 amide bonds. The third kappa shape index (κ3) is 6.07. The summed E-state index contributed by atoms with van der Waals surface area (Å²) in [6.45, 7) is 0. The normalized spacial score (nSPS) is 9.04. The summed E-state index contributed by atoms with van der Waals surface area (Å²) in [7, 11) is 3.23. The van der Waals surface area contributed by atoms with Gasteiger partial charge in [-0.25, -0.2) is 0 Å². The Morgan fingerprint density at radius 2 is 1.16 bits per heavy atom. The molecule has 0 saturated carbocycles. The molecule has 25 heavy (non-hydrogen) atoms. The first kappa shape index (κ1) is 24.1. The van der Waals surface area contributed by atoms with Crippen LogP contribution in [0.1, 0.15) is 0 Å². The van der Waals surface area contributed by atoms with Crippen LogP contribution >= 0.6 is 48.0 Å². The molecular formula is C16H14I2N2O4Zn. The maximum atomic E-state index is 5.00. The van der Waals surface area contributed by atoms with Gasteiger partial charge in [-0.2, -0.15) is 0 Å². The molecule has 0 unspecified atom stereocenters. The molecule has 0 aliphatic rings. The van der Waals surface area contributed by atoms with Crippen LogP contribution in [0.4, 0.5) is 0 Å². The predicted octanol–water partition coefficient (Wildman–Crippen LogP) is 4.51. The van der Waals surface area contributed by atoms with Crippen molar-refractivity contribution in [3.8, 4) is 11.5 Å². The Morgan fingerprint density at radius 3 is 1.52 bits per heavy atom. The number of halogens is 2. The molecule has 2 aromatic carbocycles. The summed E-state index contributed by atoms with van der Waals surface area (Å²) < 4.78 is 19.8. The van der Waals surface area contributed by atoms with Gasteiger partial charge in [0.15, 0.2) is 0 Å². The van der Waals surface area contributed by atoms with Crippen LogP contribution in [-0.2, 0) is 19.5 Å². The van der Waals surface area contributed by atoms with Crippen molar-refractivity contribution in [3.63, 3.8) is 0 Å². The molecule has 0 bridgehead atoms. The standard InChI is InChI=1S/2C8H6NO2.2HI.Zn/c2*1-10-6-2-3-8-7(4-6)9-5-11-8;;;/h2*2-4H,1H3;2*1H;/q2*-1;;;+2. The summed E-state index contributed by atoms with van der Waals surface area (Å²) in [6.07, 6.45) is 4.82. The Labute approximate surface area is 191 Å². The van der Waals surface area contributed by atoms with Crippen LogP contribution in [0.2, 0.25) is 0 Å². The van der Waals surface area contributed by atoms with Gasteiger partial charge in [0.2, 0.25) is 0 Å². The Bertz CT molecular complexity index is 824. The van der Waals surface area contributed by atoms with E-state index in [9.17, 15) is 0 Å². The number of ether oxygens (including phenoxy) is 2. The molecule has 2 aromatic heterocycles. The van der Waals surface area contributed by atoms with E-state index in [1.54, 1.807) is 38.5 Å². The number of oxazole rings is 2. The fourth-order valence-corrected chi connectivity index (χ4v) is 1.84. The number of methoxy groups -OCH3 is 2. The van der Waals surface area contributed by atoms with Crippen molar-refractivity contribution in [2.75, 3.05) is 14.2 Å². The first-order chi connectivity index (χ1) is 10.8. The minimum Gasteiger partial charge on any atom is -0.573 e. The predicted molar refractivity (Wildman–Crippen MR) is 110 cm³/mol. The molecule has 4 rings (SSSR count). The summed E-state index contributed by atoms with van der Waals surface area (Å²) in [5.41, 5.74) is 2.99. The van der Waals surface area contributed by atoms with Gasteiger partial charge < -0.3 is 28.3 Å². The second kappa shape index (κ2) is 11.6. The van der Waals surface area contributed by atoms with E-state index in [4.69, 9.17) is 18.3 Å². The van der Waals surface area contributed by atoms with Gasteiger partial charge >= 0.3 is 19.5 Å². The fraction of sp³-hybridized carbons (Fsp3) is 0.125. The van der Waals surface area contributed by atoms with E-state index in [1.807, 2.05) is 12.1 Å². The molecule has 9 heteroatoms. The van der Waals surface area contributed by atoms with Crippen LogP contribution in [0.3, 0.4) is 0 Å². The van der Waals surface area contributed by atoms with E-state index >= 15 is 0 Å². The van der Waals surface area contributed by atoms with E-state index in [0.717, 1.165) is 33.7 Å². The van der Waals surface area contributed by atoms with Gasteiger partial charge in [0, 0.05) is 0 Å². The average Bonchev–Trinajstić information content (AvgIpc) is 3.22. The van der Waals surface area contributed by atoms with Crippen LogP contribution in [0.25, 0.3) is 22.2 Å². The van der Waals surface area contributed by atoms with E-state index in [-0.39, 0.29) is 67.4 Å². The number of aromatic nitrogens is 2. The number of benzene rings is 2. The second-order valence-electron chi connectivity index (χ2n) is 4.28. The van der Waals surface area contributed by atoms with Crippen LogP contribution in [0.15, 0.2) is 45.2 Å². The van der Waals surface area contributed by atoms with E-state index < -0.39 is 0 Å². The molecule has 6 nitrogen and oxygen atoms in total. The van der Waals surface area contributed by atoms with Crippen molar-refractivity contribution in [1.29, 1.82) is 0 Å². The molecule has 0 aliphatic heterocycles. The van der Waals surface area contributed by atoms with Crippen molar-refractivity contribution in [3.05, 3.63) is 49.2 Å². The van der Waals surface area contributed by atoms with Crippen LogP contribution in [0, 0.1) is 12.8 Å². The van der Waals surface area contributed by atoms with Crippen LogP contribution in [0.5, 0.6) is 11.5 Å². The maximum Gasteiger partial charge on any atom is 2.00 e. The Morgan fingerprint density at radius 1 is 0.760 bits per heavy atom. The van der Waals surface area contributed by atoms with Gasteiger partial charge in [0.05, 0.1) is 14.2 Å². The van der Waals surface area contributed by atoms with Gasteiger partial charge in [-0.15, -0.1) is 48.0 Å². The molecule has 0 atom stereocenters. The quantitative estimate of drug-likeness (QED) is 0.188. The minimum atomic E-state index is 0. The van der Waals surface area contributed by atoms with Crippen molar-refractivity contribution >= 4 is 70.2 Å².